The fourth-order valence-corrected chi connectivity index (χ4v) is 1.47. The minimum atomic E-state index is -0.838. The van der Waals surface area contributed by atoms with Gasteiger partial charge in [-0.1, -0.05) is 39.0 Å². The van der Waals surface area contributed by atoms with Crippen molar-refractivity contribution in [2.75, 3.05) is 0 Å². The van der Waals surface area contributed by atoms with Crippen LogP contribution in [0.25, 0.3) is 0 Å². The maximum atomic E-state index is 13.4. The molecule has 0 radical (unpaired) electrons. The molecule has 0 aromatic heterocycles. The molecular formula is C13H20FNO. The molecule has 0 aliphatic carbocycles. The topological polar surface area (TPSA) is 46.2 Å². The molecule has 0 bridgehead atoms. The molecule has 2 atom stereocenters. The molecule has 0 aliphatic rings. The molecule has 0 aliphatic heterocycles. The van der Waals surface area contributed by atoms with E-state index in [1.807, 2.05) is 20.8 Å². The van der Waals surface area contributed by atoms with Crippen molar-refractivity contribution >= 4 is 0 Å². The summed E-state index contributed by atoms with van der Waals surface area (Å²) in [7, 11) is 0. The Bertz CT molecular complexity index is 346. The maximum absolute atomic E-state index is 13.4. The molecule has 1 aromatic carbocycles. The van der Waals surface area contributed by atoms with Crippen LogP contribution in [0.1, 0.15) is 38.9 Å². The van der Waals surface area contributed by atoms with Gasteiger partial charge in [0.1, 0.15) is 5.82 Å². The second-order valence-electron chi connectivity index (χ2n) is 5.25. The predicted molar refractivity (Wildman–Crippen MR) is 63.4 cm³/mol. The number of hydrogen-bond donors (Lipinski definition) is 2. The standard InChI is InChI=1S/C13H20FNO/c1-13(2,3)12(15)8-11(16)9-6-4-5-7-10(9)14/h4-7,11-12,16H,8,15H2,1-3H3/t11-,12+/m0/s1. The van der Waals surface area contributed by atoms with Gasteiger partial charge >= 0.3 is 0 Å². The summed E-state index contributed by atoms with van der Waals surface area (Å²) in [6, 6.07) is 6.10. The van der Waals surface area contributed by atoms with Crippen LogP contribution >= 0.6 is 0 Å². The summed E-state index contributed by atoms with van der Waals surface area (Å²) in [5.41, 5.74) is 6.19. The summed E-state index contributed by atoms with van der Waals surface area (Å²) in [4.78, 5) is 0. The molecule has 0 amide bonds. The molecule has 0 fully saturated rings. The quantitative estimate of drug-likeness (QED) is 0.830. The van der Waals surface area contributed by atoms with E-state index in [-0.39, 0.29) is 17.3 Å². The van der Waals surface area contributed by atoms with Crippen LogP contribution in [0.15, 0.2) is 24.3 Å². The molecule has 0 saturated heterocycles. The highest BCUT2D eigenvalue weighted by Gasteiger charge is 2.24. The van der Waals surface area contributed by atoms with Crippen molar-refractivity contribution in [1.29, 1.82) is 0 Å². The number of nitrogens with two attached hydrogens (primary N) is 1. The van der Waals surface area contributed by atoms with Gasteiger partial charge in [-0.2, -0.15) is 0 Å². The summed E-state index contributed by atoms with van der Waals surface area (Å²) in [5, 5.41) is 9.92. The average molecular weight is 225 g/mol. The highest BCUT2D eigenvalue weighted by atomic mass is 19.1. The zero-order valence-corrected chi connectivity index (χ0v) is 10.1. The van der Waals surface area contributed by atoms with Crippen LogP contribution in [-0.2, 0) is 0 Å². The van der Waals surface area contributed by atoms with Crippen molar-refractivity contribution in [1.82, 2.24) is 0 Å². The summed E-state index contributed by atoms with van der Waals surface area (Å²) in [6.07, 6.45) is -0.472. The third-order valence-electron chi connectivity index (χ3n) is 2.85. The monoisotopic (exact) mass is 225 g/mol. The third-order valence-corrected chi connectivity index (χ3v) is 2.85. The Kier molecular flexibility index (Phi) is 4.05. The largest absolute Gasteiger partial charge is 0.388 e. The minimum Gasteiger partial charge on any atom is -0.388 e. The number of aliphatic hydroxyl groups excluding tert-OH is 1. The van der Waals surface area contributed by atoms with Gasteiger partial charge in [-0.3, -0.25) is 0 Å². The molecule has 2 nitrogen and oxygen atoms in total. The van der Waals surface area contributed by atoms with E-state index in [0.717, 1.165) is 0 Å². The number of benzene rings is 1. The first-order valence-electron chi connectivity index (χ1n) is 5.50. The van der Waals surface area contributed by atoms with E-state index >= 15 is 0 Å². The summed E-state index contributed by atoms with van der Waals surface area (Å²) in [5.74, 6) is -0.379. The van der Waals surface area contributed by atoms with Crippen molar-refractivity contribution in [3.63, 3.8) is 0 Å². The third kappa shape index (κ3) is 3.29. The van der Waals surface area contributed by atoms with E-state index in [1.165, 1.54) is 6.07 Å². The molecule has 0 unspecified atom stereocenters. The SMILES string of the molecule is CC(C)(C)[C@H](N)C[C@H](O)c1ccccc1F. The van der Waals surface area contributed by atoms with Gasteiger partial charge in [0.05, 0.1) is 6.10 Å². The Balaban J connectivity index is 2.73. The van der Waals surface area contributed by atoms with Crippen molar-refractivity contribution in [2.24, 2.45) is 11.1 Å². The maximum Gasteiger partial charge on any atom is 0.128 e. The average Bonchev–Trinajstić information content (AvgIpc) is 2.16. The van der Waals surface area contributed by atoms with E-state index < -0.39 is 6.10 Å². The normalized spacial score (nSPS) is 15.9. The summed E-state index contributed by atoms with van der Waals surface area (Å²) >= 11 is 0. The van der Waals surface area contributed by atoms with E-state index in [9.17, 15) is 9.50 Å². The lowest BCUT2D eigenvalue weighted by Crippen LogP contribution is -2.36. The van der Waals surface area contributed by atoms with Crippen LogP contribution in [-0.4, -0.2) is 11.1 Å². The van der Waals surface area contributed by atoms with Crippen LogP contribution in [0.2, 0.25) is 0 Å². The number of aliphatic hydroxyl groups is 1. The minimum absolute atomic E-state index is 0.0910. The van der Waals surface area contributed by atoms with Crippen molar-refractivity contribution < 1.29 is 9.50 Å². The van der Waals surface area contributed by atoms with Crippen molar-refractivity contribution in [2.45, 2.75) is 39.3 Å². The highest BCUT2D eigenvalue weighted by Crippen LogP contribution is 2.27. The Labute approximate surface area is 96.3 Å². The molecule has 3 heteroatoms. The predicted octanol–water partition coefficient (Wildman–Crippen LogP) is 2.62. The van der Waals surface area contributed by atoms with Crippen molar-refractivity contribution in [3.05, 3.63) is 35.6 Å². The lowest BCUT2D eigenvalue weighted by atomic mass is 9.83. The lowest BCUT2D eigenvalue weighted by molar-refractivity contribution is 0.130. The Morgan fingerprint density at radius 3 is 2.38 bits per heavy atom. The molecule has 1 rings (SSSR count). The Morgan fingerprint density at radius 2 is 1.88 bits per heavy atom. The molecule has 90 valence electrons. The van der Waals surface area contributed by atoms with Crippen LogP contribution in [0.3, 0.4) is 0 Å². The lowest BCUT2D eigenvalue weighted by Gasteiger charge is -2.29. The van der Waals surface area contributed by atoms with Crippen LogP contribution in [0, 0.1) is 11.2 Å². The first kappa shape index (κ1) is 13.1. The van der Waals surface area contributed by atoms with E-state index in [4.69, 9.17) is 5.73 Å². The van der Waals surface area contributed by atoms with E-state index in [2.05, 4.69) is 0 Å². The van der Waals surface area contributed by atoms with E-state index in [0.29, 0.717) is 12.0 Å². The van der Waals surface area contributed by atoms with Gasteiger partial charge < -0.3 is 10.8 Å². The molecule has 3 N–H and O–H groups in total. The van der Waals surface area contributed by atoms with Gasteiger partial charge in [0.15, 0.2) is 0 Å². The first-order chi connectivity index (χ1) is 7.32. The van der Waals surface area contributed by atoms with Gasteiger partial charge in [-0.05, 0) is 17.9 Å². The zero-order valence-electron chi connectivity index (χ0n) is 10.1. The molecular weight excluding hydrogens is 205 g/mol. The number of halogens is 1. The Hall–Kier alpha value is -0.930. The molecule has 1 aromatic rings. The summed E-state index contributed by atoms with van der Waals surface area (Å²) < 4.78 is 13.4. The zero-order chi connectivity index (χ0) is 12.3. The van der Waals surface area contributed by atoms with Crippen LogP contribution in [0.5, 0.6) is 0 Å². The fraction of sp³-hybridized carbons (Fsp3) is 0.538. The molecule has 0 spiro atoms. The smallest absolute Gasteiger partial charge is 0.128 e. The van der Waals surface area contributed by atoms with Crippen molar-refractivity contribution in [3.8, 4) is 0 Å². The fourth-order valence-electron chi connectivity index (χ4n) is 1.47. The van der Waals surface area contributed by atoms with Gasteiger partial charge in [-0.25, -0.2) is 4.39 Å². The second-order valence-corrected chi connectivity index (χ2v) is 5.25. The summed E-state index contributed by atoms with van der Waals surface area (Å²) in [6.45, 7) is 6.02. The second kappa shape index (κ2) is 4.93. The Morgan fingerprint density at radius 1 is 1.31 bits per heavy atom. The van der Waals surface area contributed by atoms with E-state index in [1.54, 1.807) is 18.2 Å². The highest BCUT2D eigenvalue weighted by molar-refractivity contribution is 5.20. The number of rotatable bonds is 3. The number of hydrogen-bond acceptors (Lipinski definition) is 2. The van der Waals surface area contributed by atoms with Gasteiger partial charge in [0, 0.05) is 11.6 Å². The first-order valence-corrected chi connectivity index (χ1v) is 5.50. The molecule has 16 heavy (non-hydrogen) atoms. The van der Waals surface area contributed by atoms with Gasteiger partial charge in [0.2, 0.25) is 0 Å². The van der Waals surface area contributed by atoms with Gasteiger partial charge in [-0.15, -0.1) is 0 Å². The van der Waals surface area contributed by atoms with Gasteiger partial charge in [0.25, 0.3) is 0 Å². The molecule has 0 heterocycles. The molecule has 0 saturated carbocycles. The van der Waals surface area contributed by atoms with Crippen LogP contribution in [0.4, 0.5) is 4.39 Å². The van der Waals surface area contributed by atoms with Crippen LogP contribution < -0.4 is 5.73 Å².